The molecule has 0 saturated carbocycles. The number of aromatic hydroxyl groups is 1. The van der Waals surface area contributed by atoms with Crippen molar-refractivity contribution in [3.63, 3.8) is 0 Å². The number of anilines is 1. The molecule has 0 radical (unpaired) electrons. The highest BCUT2D eigenvalue weighted by atomic mass is 32.2. The number of phenols is 1. The monoisotopic (exact) mass is 473 g/mol. The standard InChI is InChI=1S/C25H25F2NO4S/c1-30-17-5-7-20-24(13-17)33-23(16-4-6-18(26)19(27)12-16)8-9-28(20)14-15-10-21(31-2)25(29)22(11-15)32-3/h4-7,10-13,23,29H,8-9,14H2,1-3H3/t23-/m1/s1. The second-order valence-corrected chi connectivity index (χ2v) is 8.92. The first-order chi connectivity index (χ1) is 15.9. The molecule has 0 bridgehead atoms. The Labute approximate surface area is 195 Å². The van der Waals surface area contributed by atoms with Gasteiger partial charge in [0.2, 0.25) is 5.75 Å². The average molecular weight is 474 g/mol. The molecule has 1 heterocycles. The zero-order valence-electron chi connectivity index (χ0n) is 18.6. The normalized spacial score (nSPS) is 15.5. The molecule has 0 aromatic heterocycles. The summed E-state index contributed by atoms with van der Waals surface area (Å²) in [6.07, 6.45) is 0.721. The van der Waals surface area contributed by atoms with Crippen LogP contribution >= 0.6 is 11.8 Å². The van der Waals surface area contributed by atoms with Crippen LogP contribution in [0.1, 0.15) is 22.8 Å². The minimum Gasteiger partial charge on any atom is -0.502 e. The number of fused-ring (bicyclic) bond motifs is 1. The lowest BCUT2D eigenvalue weighted by Crippen LogP contribution is -2.24. The molecule has 1 aliphatic heterocycles. The lowest BCUT2D eigenvalue weighted by Gasteiger charge is -2.25. The van der Waals surface area contributed by atoms with Gasteiger partial charge in [0.05, 0.1) is 27.0 Å². The van der Waals surface area contributed by atoms with E-state index in [9.17, 15) is 13.9 Å². The first kappa shape index (κ1) is 23.0. The van der Waals surface area contributed by atoms with Crippen molar-refractivity contribution >= 4 is 17.4 Å². The van der Waals surface area contributed by atoms with Gasteiger partial charge in [-0.25, -0.2) is 8.78 Å². The Morgan fingerprint density at radius 1 is 0.939 bits per heavy atom. The van der Waals surface area contributed by atoms with Gasteiger partial charge in [-0.2, -0.15) is 0 Å². The third-order valence-electron chi connectivity index (χ3n) is 5.67. The highest BCUT2D eigenvalue weighted by Gasteiger charge is 2.25. The van der Waals surface area contributed by atoms with Gasteiger partial charge in [0.1, 0.15) is 5.75 Å². The van der Waals surface area contributed by atoms with Gasteiger partial charge in [-0.1, -0.05) is 6.07 Å². The van der Waals surface area contributed by atoms with Gasteiger partial charge in [-0.15, -0.1) is 11.8 Å². The summed E-state index contributed by atoms with van der Waals surface area (Å²) in [4.78, 5) is 3.20. The Bertz CT molecular complexity index is 1130. The van der Waals surface area contributed by atoms with Crippen molar-refractivity contribution in [3.8, 4) is 23.0 Å². The first-order valence-electron chi connectivity index (χ1n) is 10.4. The predicted octanol–water partition coefficient (Wildman–Crippen LogP) is 5.94. The lowest BCUT2D eigenvalue weighted by molar-refractivity contribution is 0.339. The number of hydrogen-bond acceptors (Lipinski definition) is 6. The Morgan fingerprint density at radius 3 is 2.30 bits per heavy atom. The van der Waals surface area contributed by atoms with Crippen molar-refractivity contribution in [1.82, 2.24) is 0 Å². The molecule has 3 aromatic carbocycles. The molecule has 1 N–H and O–H groups in total. The largest absolute Gasteiger partial charge is 0.502 e. The number of thioether (sulfide) groups is 1. The van der Waals surface area contributed by atoms with E-state index in [-0.39, 0.29) is 11.0 Å². The summed E-state index contributed by atoms with van der Waals surface area (Å²) < 4.78 is 43.5. The van der Waals surface area contributed by atoms with E-state index in [0.717, 1.165) is 33.9 Å². The third-order valence-corrected chi connectivity index (χ3v) is 7.04. The highest BCUT2D eigenvalue weighted by molar-refractivity contribution is 7.99. The molecule has 3 aromatic rings. The van der Waals surface area contributed by atoms with Gasteiger partial charge < -0.3 is 24.2 Å². The zero-order chi connectivity index (χ0) is 23.5. The first-order valence-corrected chi connectivity index (χ1v) is 11.3. The van der Waals surface area contributed by atoms with Crippen molar-refractivity contribution in [3.05, 3.63) is 71.3 Å². The van der Waals surface area contributed by atoms with E-state index in [2.05, 4.69) is 4.90 Å². The molecule has 5 nitrogen and oxygen atoms in total. The lowest BCUT2D eigenvalue weighted by atomic mass is 10.1. The molecule has 0 saturated heterocycles. The molecular formula is C25H25F2NO4S. The van der Waals surface area contributed by atoms with Gasteiger partial charge in [-0.3, -0.25) is 0 Å². The van der Waals surface area contributed by atoms with Gasteiger partial charge in [0.25, 0.3) is 0 Å². The van der Waals surface area contributed by atoms with Gasteiger partial charge in [0.15, 0.2) is 23.1 Å². The summed E-state index contributed by atoms with van der Waals surface area (Å²) in [6.45, 7) is 1.22. The number of benzene rings is 3. The van der Waals surface area contributed by atoms with Crippen molar-refractivity contribution in [2.75, 3.05) is 32.8 Å². The molecule has 0 spiro atoms. The van der Waals surface area contributed by atoms with E-state index < -0.39 is 11.6 Å². The summed E-state index contributed by atoms with van der Waals surface area (Å²) in [5.74, 6) is -0.343. The topological polar surface area (TPSA) is 51.2 Å². The molecule has 0 fully saturated rings. The maximum absolute atomic E-state index is 13.9. The maximum Gasteiger partial charge on any atom is 0.200 e. The van der Waals surface area contributed by atoms with E-state index in [1.807, 2.05) is 18.2 Å². The van der Waals surface area contributed by atoms with E-state index in [0.29, 0.717) is 24.6 Å². The van der Waals surface area contributed by atoms with E-state index in [4.69, 9.17) is 14.2 Å². The number of hydrogen-bond donors (Lipinski definition) is 1. The van der Waals surface area contributed by atoms with Gasteiger partial charge >= 0.3 is 0 Å². The molecule has 8 heteroatoms. The fraction of sp³-hybridized carbons (Fsp3) is 0.280. The van der Waals surface area contributed by atoms with E-state index in [1.54, 1.807) is 37.1 Å². The second-order valence-electron chi connectivity index (χ2n) is 7.67. The quantitative estimate of drug-likeness (QED) is 0.478. The number of nitrogens with zero attached hydrogens (tertiary/aromatic N) is 1. The number of halogens is 2. The Morgan fingerprint density at radius 2 is 1.67 bits per heavy atom. The molecule has 0 aliphatic carbocycles. The van der Waals surface area contributed by atoms with E-state index >= 15 is 0 Å². The summed E-state index contributed by atoms with van der Waals surface area (Å²) >= 11 is 1.61. The van der Waals surface area contributed by atoms with Crippen LogP contribution in [0.5, 0.6) is 23.0 Å². The molecule has 0 unspecified atom stereocenters. The highest BCUT2D eigenvalue weighted by Crippen LogP contribution is 2.47. The fourth-order valence-corrected chi connectivity index (χ4v) is 5.27. The predicted molar refractivity (Wildman–Crippen MR) is 125 cm³/mol. The molecule has 4 rings (SSSR count). The Balaban J connectivity index is 1.70. The number of rotatable bonds is 6. The number of methoxy groups -OCH3 is 3. The minimum absolute atomic E-state index is 0.0429. The van der Waals surface area contributed by atoms with Crippen LogP contribution in [0.2, 0.25) is 0 Å². The van der Waals surface area contributed by atoms with Crippen LogP contribution in [-0.2, 0) is 6.54 Å². The minimum atomic E-state index is -0.851. The van der Waals surface area contributed by atoms with Crippen LogP contribution in [0.15, 0.2) is 53.4 Å². The molecule has 1 aliphatic rings. The zero-order valence-corrected chi connectivity index (χ0v) is 19.4. The smallest absolute Gasteiger partial charge is 0.200 e. The Kier molecular flexibility index (Phi) is 6.83. The number of phenolic OH excluding ortho intramolecular Hbond substituents is 1. The van der Waals surface area contributed by atoms with Crippen molar-refractivity contribution in [2.24, 2.45) is 0 Å². The molecule has 174 valence electrons. The average Bonchev–Trinajstić information content (AvgIpc) is 3.00. The Hall–Kier alpha value is -3.13. The fourth-order valence-electron chi connectivity index (χ4n) is 3.95. The molecule has 0 amide bonds. The molecular weight excluding hydrogens is 448 g/mol. The van der Waals surface area contributed by atoms with Crippen LogP contribution in [-0.4, -0.2) is 33.0 Å². The summed E-state index contributed by atoms with van der Waals surface area (Å²) in [6, 6.07) is 13.5. The van der Waals surface area contributed by atoms with Crippen LogP contribution in [0.3, 0.4) is 0 Å². The van der Waals surface area contributed by atoms with Crippen molar-refractivity contribution < 1.29 is 28.1 Å². The van der Waals surface area contributed by atoms with Gasteiger partial charge in [0, 0.05) is 23.2 Å². The molecule has 1 atom stereocenters. The van der Waals surface area contributed by atoms with Crippen LogP contribution in [0.25, 0.3) is 0 Å². The molecule has 33 heavy (non-hydrogen) atoms. The summed E-state index contributed by atoms with van der Waals surface area (Å²) in [7, 11) is 4.60. The van der Waals surface area contributed by atoms with E-state index in [1.165, 1.54) is 26.4 Å². The van der Waals surface area contributed by atoms with Crippen LogP contribution < -0.4 is 19.1 Å². The van der Waals surface area contributed by atoms with Crippen LogP contribution in [0, 0.1) is 11.6 Å². The number of ether oxygens (including phenoxy) is 3. The van der Waals surface area contributed by atoms with Crippen molar-refractivity contribution in [2.45, 2.75) is 23.1 Å². The van der Waals surface area contributed by atoms with Crippen molar-refractivity contribution in [1.29, 1.82) is 0 Å². The maximum atomic E-state index is 13.9. The van der Waals surface area contributed by atoms with Gasteiger partial charge in [-0.05, 0) is 60.0 Å². The summed E-state index contributed by atoms with van der Waals surface area (Å²) in [5.41, 5.74) is 2.65. The third kappa shape index (κ3) is 4.80. The second kappa shape index (κ2) is 9.79. The SMILES string of the molecule is COc1ccc2c(c1)S[C@@H](c1ccc(F)c(F)c1)CCN2Cc1cc(OC)c(O)c(OC)c1. The summed E-state index contributed by atoms with van der Waals surface area (Å²) in [5, 5.41) is 10.2. The van der Waals surface area contributed by atoms with Crippen LogP contribution in [0.4, 0.5) is 14.5 Å².